The van der Waals surface area contributed by atoms with Gasteiger partial charge in [0.1, 0.15) is 5.69 Å². The largest absolute Gasteiger partial charge is 0.392 e. The number of nitro groups is 1. The molecule has 0 bridgehead atoms. The zero-order chi connectivity index (χ0) is 15.6. The monoisotopic (exact) mass is 293 g/mol. The van der Waals surface area contributed by atoms with Gasteiger partial charge in [0.25, 0.3) is 5.69 Å². The van der Waals surface area contributed by atoms with E-state index in [4.69, 9.17) is 0 Å². The highest BCUT2D eigenvalue weighted by Crippen LogP contribution is 2.29. The number of aliphatic hydroxyl groups is 1. The first kappa shape index (κ1) is 15.7. The molecule has 0 aromatic heterocycles. The Morgan fingerprint density at radius 3 is 2.71 bits per heavy atom. The maximum absolute atomic E-state index is 11.1. The van der Waals surface area contributed by atoms with Crippen LogP contribution in [0.25, 0.3) is 0 Å². The number of nitrogens with one attached hydrogen (secondary N) is 1. The summed E-state index contributed by atoms with van der Waals surface area (Å²) in [5.74, 6) is 0.421. The molecule has 1 fully saturated rings. The third kappa shape index (κ3) is 3.51. The van der Waals surface area contributed by atoms with Crippen molar-refractivity contribution < 1.29 is 10.0 Å². The van der Waals surface area contributed by atoms with Crippen molar-refractivity contribution in [2.45, 2.75) is 39.5 Å². The molecule has 0 spiro atoms. The van der Waals surface area contributed by atoms with Crippen molar-refractivity contribution in [2.75, 3.05) is 18.4 Å². The topological polar surface area (TPSA) is 78.6 Å². The lowest BCUT2D eigenvalue weighted by Gasteiger charge is -2.21. The first-order valence-corrected chi connectivity index (χ1v) is 7.31. The standard InChI is InChI=1S/C15H23N3O3/c1-10(2)17-7-11(3)14(8-17)16-13-6-12(9-19)4-5-15(13)18(20)21/h4-6,10-11,14,16,19H,7-9H2,1-3H3. The van der Waals surface area contributed by atoms with E-state index >= 15 is 0 Å². The van der Waals surface area contributed by atoms with Crippen LogP contribution in [-0.4, -0.2) is 40.1 Å². The molecule has 116 valence electrons. The van der Waals surface area contributed by atoms with E-state index in [-0.39, 0.29) is 23.3 Å². The normalized spacial score (nSPS) is 22.7. The van der Waals surface area contributed by atoms with Crippen LogP contribution in [0.15, 0.2) is 18.2 Å². The van der Waals surface area contributed by atoms with E-state index in [0.29, 0.717) is 23.2 Å². The number of benzene rings is 1. The van der Waals surface area contributed by atoms with Gasteiger partial charge < -0.3 is 10.4 Å². The quantitative estimate of drug-likeness (QED) is 0.643. The predicted molar refractivity (Wildman–Crippen MR) is 82.3 cm³/mol. The Bertz CT molecular complexity index is 519. The molecule has 1 aromatic carbocycles. The molecule has 1 aliphatic rings. The summed E-state index contributed by atoms with van der Waals surface area (Å²) in [7, 11) is 0. The number of hydrogen-bond acceptors (Lipinski definition) is 5. The molecule has 2 atom stereocenters. The summed E-state index contributed by atoms with van der Waals surface area (Å²) in [6.45, 7) is 8.21. The number of rotatable bonds is 5. The summed E-state index contributed by atoms with van der Waals surface area (Å²) in [6, 6.07) is 5.36. The van der Waals surface area contributed by atoms with E-state index in [1.54, 1.807) is 12.1 Å². The number of likely N-dealkylation sites (tertiary alicyclic amines) is 1. The van der Waals surface area contributed by atoms with Crippen molar-refractivity contribution in [2.24, 2.45) is 5.92 Å². The summed E-state index contributed by atoms with van der Waals surface area (Å²) in [5, 5.41) is 23.7. The van der Waals surface area contributed by atoms with Gasteiger partial charge in [0, 0.05) is 31.2 Å². The minimum absolute atomic E-state index is 0.0578. The first-order chi connectivity index (χ1) is 9.92. The second kappa shape index (κ2) is 6.41. The third-order valence-electron chi connectivity index (χ3n) is 4.15. The molecule has 1 heterocycles. The van der Waals surface area contributed by atoms with Gasteiger partial charge in [0.2, 0.25) is 0 Å². The summed E-state index contributed by atoms with van der Waals surface area (Å²) >= 11 is 0. The van der Waals surface area contributed by atoms with E-state index in [1.165, 1.54) is 6.07 Å². The number of aliphatic hydroxyl groups excluding tert-OH is 1. The minimum atomic E-state index is -0.386. The lowest BCUT2D eigenvalue weighted by molar-refractivity contribution is -0.384. The lowest BCUT2D eigenvalue weighted by atomic mass is 10.1. The van der Waals surface area contributed by atoms with Crippen LogP contribution in [0.1, 0.15) is 26.3 Å². The molecule has 1 aliphatic heterocycles. The molecule has 6 heteroatoms. The number of nitrogens with zero attached hydrogens (tertiary/aromatic N) is 2. The van der Waals surface area contributed by atoms with Crippen molar-refractivity contribution in [3.8, 4) is 0 Å². The highest BCUT2D eigenvalue weighted by Gasteiger charge is 2.32. The van der Waals surface area contributed by atoms with Gasteiger partial charge in [-0.25, -0.2) is 0 Å². The second-order valence-corrected chi connectivity index (χ2v) is 6.04. The predicted octanol–water partition coefficient (Wildman–Crippen LogP) is 2.23. The Hall–Kier alpha value is -1.66. The molecule has 2 N–H and O–H groups in total. The first-order valence-electron chi connectivity index (χ1n) is 7.31. The van der Waals surface area contributed by atoms with Gasteiger partial charge in [-0.15, -0.1) is 0 Å². The van der Waals surface area contributed by atoms with Gasteiger partial charge in [-0.05, 0) is 37.5 Å². The van der Waals surface area contributed by atoms with Crippen LogP contribution >= 0.6 is 0 Å². The minimum Gasteiger partial charge on any atom is -0.392 e. The van der Waals surface area contributed by atoms with Gasteiger partial charge in [-0.2, -0.15) is 0 Å². The zero-order valence-electron chi connectivity index (χ0n) is 12.7. The van der Waals surface area contributed by atoms with Crippen molar-refractivity contribution in [3.63, 3.8) is 0 Å². The maximum atomic E-state index is 11.1. The third-order valence-corrected chi connectivity index (χ3v) is 4.15. The van der Waals surface area contributed by atoms with Crippen molar-refractivity contribution in [1.29, 1.82) is 0 Å². The fourth-order valence-electron chi connectivity index (χ4n) is 2.77. The highest BCUT2D eigenvalue weighted by atomic mass is 16.6. The fraction of sp³-hybridized carbons (Fsp3) is 0.600. The summed E-state index contributed by atoms with van der Waals surface area (Å²) in [4.78, 5) is 13.1. The van der Waals surface area contributed by atoms with E-state index in [1.807, 2.05) is 0 Å². The molecular weight excluding hydrogens is 270 g/mol. The molecule has 2 unspecified atom stereocenters. The van der Waals surface area contributed by atoms with Gasteiger partial charge in [0.05, 0.1) is 11.5 Å². The van der Waals surface area contributed by atoms with Crippen LogP contribution in [0.3, 0.4) is 0 Å². The highest BCUT2D eigenvalue weighted by molar-refractivity contribution is 5.63. The molecule has 1 saturated heterocycles. The van der Waals surface area contributed by atoms with Gasteiger partial charge in [-0.3, -0.25) is 15.0 Å². The average Bonchev–Trinajstić information content (AvgIpc) is 2.80. The van der Waals surface area contributed by atoms with Crippen molar-refractivity contribution in [1.82, 2.24) is 4.90 Å². The molecule has 2 rings (SSSR count). The van der Waals surface area contributed by atoms with Crippen LogP contribution < -0.4 is 5.32 Å². The van der Waals surface area contributed by atoms with Crippen molar-refractivity contribution in [3.05, 3.63) is 33.9 Å². The van der Waals surface area contributed by atoms with E-state index in [9.17, 15) is 15.2 Å². The summed E-state index contributed by atoms with van der Waals surface area (Å²) < 4.78 is 0. The van der Waals surface area contributed by atoms with Gasteiger partial charge >= 0.3 is 0 Å². The zero-order valence-corrected chi connectivity index (χ0v) is 12.7. The van der Waals surface area contributed by atoms with Gasteiger partial charge in [0.15, 0.2) is 0 Å². The Kier molecular flexibility index (Phi) is 4.80. The number of hydrogen-bond donors (Lipinski definition) is 2. The van der Waals surface area contributed by atoms with E-state index < -0.39 is 0 Å². The maximum Gasteiger partial charge on any atom is 0.292 e. The smallest absolute Gasteiger partial charge is 0.292 e. The van der Waals surface area contributed by atoms with Crippen LogP contribution in [-0.2, 0) is 6.61 Å². The van der Waals surface area contributed by atoms with Crippen LogP contribution in [0.2, 0.25) is 0 Å². The Labute approximate surface area is 124 Å². The number of nitro benzene ring substituents is 1. The van der Waals surface area contributed by atoms with Crippen LogP contribution in [0.5, 0.6) is 0 Å². The van der Waals surface area contributed by atoms with Crippen LogP contribution in [0.4, 0.5) is 11.4 Å². The average molecular weight is 293 g/mol. The fourth-order valence-corrected chi connectivity index (χ4v) is 2.77. The molecule has 1 aromatic rings. The molecule has 0 saturated carbocycles. The molecule has 0 aliphatic carbocycles. The van der Waals surface area contributed by atoms with E-state index in [0.717, 1.165) is 13.1 Å². The lowest BCUT2D eigenvalue weighted by Crippen LogP contribution is -2.31. The second-order valence-electron chi connectivity index (χ2n) is 6.04. The van der Waals surface area contributed by atoms with E-state index in [2.05, 4.69) is 31.0 Å². The molecule has 0 amide bonds. The molecular formula is C15H23N3O3. The van der Waals surface area contributed by atoms with Crippen LogP contribution in [0, 0.1) is 16.0 Å². The van der Waals surface area contributed by atoms with Crippen molar-refractivity contribution >= 4 is 11.4 Å². The molecule has 21 heavy (non-hydrogen) atoms. The summed E-state index contributed by atoms with van der Waals surface area (Å²) in [6.07, 6.45) is 0. The molecule has 0 radical (unpaired) electrons. The Balaban J connectivity index is 2.20. The Morgan fingerprint density at radius 1 is 1.48 bits per heavy atom. The summed E-state index contributed by atoms with van der Waals surface area (Å²) in [5.41, 5.74) is 1.23. The van der Waals surface area contributed by atoms with Gasteiger partial charge in [-0.1, -0.05) is 6.92 Å². The Morgan fingerprint density at radius 2 is 2.19 bits per heavy atom. The number of anilines is 1. The molecule has 6 nitrogen and oxygen atoms in total. The SMILES string of the molecule is CC1CN(C(C)C)CC1Nc1cc(CO)ccc1[N+](=O)[O-].